The van der Waals surface area contributed by atoms with Crippen LogP contribution >= 0.6 is 15.9 Å². The van der Waals surface area contributed by atoms with E-state index in [0.29, 0.717) is 10.0 Å². The van der Waals surface area contributed by atoms with Crippen molar-refractivity contribution in [2.75, 3.05) is 5.32 Å². The first-order valence-electron chi connectivity index (χ1n) is 5.48. The maximum absolute atomic E-state index is 13.5. The molecule has 2 rings (SSSR count). The molecule has 0 saturated carbocycles. The summed E-state index contributed by atoms with van der Waals surface area (Å²) in [5.41, 5.74) is -0.217. The molecule has 0 saturated heterocycles. The number of nitro benzene ring substituents is 1. The number of benzene rings is 2. The third-order valence-electron chi connectivity index (χ3n) is 2.50. The molecule has 102 valence electrons. The van der Waals surface area contributed by atoms with E-state index >= 15 is 0 Å². The van der Waals surface area contributed by atoms with E-state index in [-0.39, 0.29) is 11.4 Å². The number of nitrogens with one attached hydrogen (secondary N) is 1. The number of carbonyl (C=O) groups excluding carboxylic acids is 1. The molecular weight excluding hydrogens is 331 g/mol. The minimum absolute atomic E-state index is 0.232. The first-order chi connectivity index (χ1) is 9.47. The van der Waals surface area contributed by atoms with Gasteiger partial charge in [0, 0.05) is 22.2 Å². The van der Waals surface area contributed by atoms with Gasteiger partial charge in [-0.2, -0.15) is 0 Å². The summed E-state index contributed by atoms with van der Waals surface area (Å²) in [4.78, 5) is 21.9. The van der Waals surface area contributed by atoms with Gasteiger partial charge in [-0.1, -0.05) is 22.0 Å². The summed E-state index contributed by atoms with van der Waals surface area (Å²) < 4.78 is 14.2. The minimum Gasteiger partial charge on any atom is -0.319 e. The van der Waals surface area contributed by atoms with Crippen LogP contribution in [-0.2, 0) is 0 Å². The van der Waals surface area contributed by atoms with Crippen molar-refractivity contribution >= 4 is 33.2 Å². The number of rotatable bonds is 3. The molecule has 0 aromatic heterocycles. The van der Waals surface area contributed by atoms with E-state index in [0.717, 1.165) is 18.2 Å². The highest BCUT2D eigenvalue weighted by molar-refractivity contribution is 9.10. The fourth-order valence-electron chi connectivity index (χ4n) is 1.55. The van der Waals surface area contributed by atoms with Crippen LogP contribution in [0.15, 0.2) is 46.9 Å². The molecule has 0 fully saturated rings. The molecule has 5 nitrogen and oxygen atoms in total. The van der Waals surface area contributed by atoms with Crippen LogP contribution in [0.5, 0.6) is 0 Å². The standard InChI is InChI=1S/C13H8BrFN2O3/c14-9-3-1-2-8(6-9)13(18)16-12-7-10(17(19)20)4-5-11(12)15/h1-7H,(H,16,18). The number of hydrogen-bond donors (Lipinski definition) is 1. The van der Waals surface area contributed by atoms with Crippen LogP contribution in [0.2, 0.25) is 0 Å². The summed E-state index contributed by atoms with van der Waals surface area (Å²) in [6, 6.07) is 9.46. The Morgan fingerprint density at radius 3 is 2.65 bits per heavy atom. The zero-order chi connectivity index (χ0) is 14.7. The van der Waals surface area contributed by atoms with Gasteiger partial charge in [0.1, 0.15) is 5.82 Å². The molecule has 0 atom stereocenters. The smallest absolute Gasteiger partial charge is 0.271 e. The van der Waals surface area contributed by atoms with Gasteiger partial charge in [0.15, 0.2) is 0 Å². The van der Waals surface area contributed by atoms with Gasteiger partial charge in [-0.3, -0.25) is 14.9 Å². The van der Waals surface area contributed by atoms with E-state index in [1.807, 2.05) is 0 Å². The average molecular weight is 339 g/mol. The monoisotopic (exact) mass is 338 g/mol. The van der Waals surface area contributed by atoms with E-state index in [4.69, 9.17) is 0 Å². The van der Waals surface area contributed by atoms with Crippen LogP contribution < -0.4 is 5.32 Å². The molecule has 0 unspecified atom stereocenters. The predicted molar refractivity (Wildman–Crippen MR) is 75.1 cm³/mol. The Hall–Kier alpha value is -2.28. The molecule has 0 aliphatic rings. The molecule has 0 radical (unpaired) electrons. The lowest BCUT2D eigenvalue weighted by atomic mass is 10.2. The van der Waals surface area contributed by atoms with Crippen LogP contribution in [0.3, 0.4) is 0 Å². The van der Waals surface area contributed by atoms with E-state index in [9.17, 15) is 19.3 Å². The lowest BCUT2D eigenvalue weighted by Gasteiger charge is -2.06. The Morgan fingerprint density at radius 1 is 1.25 bits per heavy atom. The fourth-order valence-corrected chi connectivity index (χ4v) is 1.95. The van der Waals surface area contributed by atoms with Crippen LogP contribution in [0, 0.1) is 15.9 Å². The number of nitrogens with zero attached hydrogens (tertiary/aromatic N) is 1. The van der Waals surface area contributed by atoms with Gasteiger partial charge in [-0.05, 0) is 24.3 Å². The van der Waals surface area contributed by atoms with Gasteiger partial charge < -0.3 is 5.32 Å². The zero-order valence-corrected chi connectivity index (χ0v) is 11.6. The molecule has 2 aromatic carbocycles. The van der Waals surface area contributed by atoms with Gasteiger partial charge in [-0.15, -0.1) is 0 Å². The van der Waals surface area contributed by atoms with E-state index in [2.05, 4.69) is 21.2 Å². The molecule has 0 heterocycles. The molecule has 7 heteroatoms. The van der Waals surface area contributed by atoms with Crippen LogP contribution in [0.25, 0.3) is 0 Å². The largest absolute Gasteiger partial charge is 0.319 e. The minimum atomic E-state index is -0.737. The van der Waals surface area contributed by atoms with Crippen molar-refractivity contribution in [2.24, 2.45) is 0 Å². The third kappa shape index (κ3) is 3.18. The van der Waals surface area contributed by atoms with Gasteiger partial charge in [-0.25, -0.2) is 4.39 Å². The summed E-state index contributed by atoms with van der Waals surface area (Å²) in [7, 11) is 0. The normalized spacial score (nSPS) is 10.1. The maximum Gasteiger partial charge on any atom is 0.271 e. The zero-order valence-electron chi connectivity index (χ0n) is 9.97. The first-order valence-corrected chi connectivity index (χ1v) is 6.27. The SMILES string of the molecule is O=C(Nc1cc([N+](=O)[O-])ccc1F)c1cccc(Br)c1. The van der Waals surface area contributed by atoms with E-state index < -0.39 is 16.6 Å². The van der Waals surface area contributed by atoms with Crippen LogP contribution in [-0.4, -0.2) is 10.8 Å². The van der Waals surface area contributed by atoms with E-state index in [1.165, 1.54) is 0 Å². The van der Waals surface area contributed by atoms with Gasteiger partial charge in [0.25, 0.3) is 11.6 Å². The summed E-state index contributed by atoms with van der Waals surface area (Å²) >= 11 is 3.22. The van der Waals surface area contributed by atoms with Crippen LogP contribution in [0.1, 0.15) is 10.4 Å². The number of amides is 1. The van der Waals surface area contributed by atoms with Crippen molar-refractivity contribution in [3.63, 3.8) is 0 Å². The molecule has 0 bridgehead atoms. The quantitative estimate of drug-likeness (QED) is 0.684. The Kier molecular flexibility index (Phi) is 4.09. The molecule has 1 N–H and O–H groups in total. The van der Waals surface area contributed by atoms with Crippen molar-refractivity contribution < 1.29 is 14.1 Å². The second-order valence-electron chi connectivity index (χ2n) is 3.89. The lowest BCUT2D eigenvalue weighted by Crippen LogP contribution is -2.13. The second kappa shape index (κ2) is 5.79. The second-order valence-corrected chi connectivity index (χ2v) is 4.80. The lowest BCUT2D eigenvalue weighted by molar-refractivity contribution is -0.384. The molecule has 0 aliphatic carbocycles. The van der Waals surface area contributed by atoms with Gasteiger partial charge >= 0.3 is 0 Å². The number of nitro groups is 1. The highest BCUT2D eigenvalue weighted by Gasteiger charge is 2.14. The van der Waals surface area contributed by atoms with Crippen molar-refractivity contribution in [3.8, 4) is 0 Å². The Balaban J connectivity index is 2.27. The van der Waals surface area contributed by atoms with Crippen molar-refractivity contribution in [1.82, 2.24) is 0 Å². The Bertz CT molecular complexity index is 691. The van der Waals surface area contributed by atoms with Crippen molar-refractivity contribution in [3.05, 3.63) is 68.4 Å². The molecule has 0 aliphatic heterocycles. The van der Waals surface area contributed by atoms with Crippen LogP contribution in [0.4, 0.5) is 15.8 Å². The van der Waals surface area contributed by atoms with Crippen molar-refractivity contribution in [1.29, 1.82) is 0 Å². The molecule has 20 heavy (non-hydrogen) atoms. The predicted octanol–water partition coefficient (Wildman–Crippen LogP) is 3.75. The third-order valence-corrected chi connectivity index (χ3v) is 2.99. The number of carbonyl (C=O) groups is 1. The van der Waals surface area contributed by atoms with Gasteiger partial charge in [0.05, 0.1) is 10.6 Å². The highest BCUT2D eigenvalue weighted by atomic mass is 79.9. The van der Waals surface area contributed by atoms with Gasteiger partial charge in [0.2, 0.25) is 0 Å². The molecule has 1 amide bonds. The van der Waals surface area contributed by atoms with Crippen molar-refractivity contribution in [2.45, 2.75) is 0 Å². The summed E-state index contributed by atoms with van der Waals surface area (Å²) in [6.07, 6.45) is 0. The molecule has 2 aromatic rings. The number of hydrogen-bond acceptors (Lipinski definition) is 3. The Morgan fingerprint density at radius 2 is 2.00 bits per heavy atom. The van der Waals surface area contributed by atoms with E-state index in [1.54, 1.807) is 24.3 Å². The maximum atomic E-state index is 13.5. The average Bonchev–Trinajstić information content (AvgIpc) is 2.41. The number of halogens is 2. The molecule has 0 spiro atoms. The summed E-state index contributed by atoms with van der Waals surface area (Å²) in [5.74, 6) is -1.29. The topological polar surface area (TPSA) is 72.2 Å². The summed E-state index contributed by atoms with van der Waals surface area (Å²) in [6.45, 7) is 0. The fraction of sp³-hybridized carbons (Fsp3) is 0. The highest BCUT2D eigenvalue weighted by Crippen LogP contribution is 2.22. The first kappa shape index (κ1) is 14.1. The molecular formula is C13H8BrFN2O3. The Labute approximate surface area is 121 Å². The number of anilines is 1. The number of non-ortho nitro benzene ring substituents is 1. The summed E-state index contributed by atoms with van der Waals surface area (Å²) in [5, 5.41) is 12.9.